The van der Waals surface area contributed by atoms with Crippen LogP contribution in [-0.2, 0) is 13.0 Å². The molecule has 1 aliphatic rings. The average molecular weight is 274 g/mol. The molecule has 1 aromatic carbocycles. The fraction of sp³-hybridized carbons (Fsp3) is 0.667. The van der Waals surface area contributed by atoms with Crippen LogP contribution in [0.25, 0.3) is 0 Å². The van der Waals surface area contributed by atoms with Crippen LogP contribution in [0.1, 0.15) is 51.2 Å². The summed E-state index contributed by atoms with van der Waals surface area (Å²) in [6.07, 6.45) is 5.26. The molecule has 0 bridgehead atoms. The molecule has 0 saturated carbocycles. The lowest BCUT2D eigenvalue weighted by Crippen LogP contribution is -2.37. The molecular formula is C18H30N2. The molecule has 20 heavy (non-hydrogen) atoms. The SMILES string of the molecule is CC(C)NCCc1ccccc1CN1CCCCC1C. The standard InChI is InChI=1S/C18H30N2/c1-15(2)19-12-11-17-9-4-5-10-18(17)14-20-13-7-6-8-16(20)3/h4-5,9-10,15-16,19H,6-8,11-14H2,1-3H3. The lowest BCUT2D eigenvalue weighted by atomic mass is 9.99. The minimum absolute atomic E-state index is 0.573. The van der Waals surface area contributed by atoms with Gasteiger partial charge in [-0.3, -0.25) is 4.90 Å². The number of nitrogens with one attached hydrogen (secondary N) is 1. The van der Waals surface area contributed by atoms with E-state index in [9.17, 15) is 0 Å². The molecule has 2 rings (SSSR count). The van der Waals surface area contributed by atoms with E-state index in [0.717, 1.165) is 25.6 Å². The first kappa shape index (κ1) is 15.5. The Hall–Kier alpha value is -0.860. The predicted octanol–water partition coefficient (Wildman–Crippen LogP) is 3.60. The van der Waals surface area contributed by atoms with Crippen LogP contribution in [0.4, 0.5) is 0 Å². The van der Waals surface area contributed by atoms with E-state index < -0.39 is 0 Å². The lowest BCUT2D eigenvalue weighted by molar-refractivity contribution is 0.152. The van der Waals surface area contributed by atoms with Crippen molar-refractivity contribution >= 4 is 0 Å². The van der Waals surface area contributed by atoms with Crippen molar-refractivity contribution in [2.75, 3.05) is 13.1 Å². The second-order valence-corrected chi connectivity index (χ2v) is 6.44. The Kier molecular flexibility index (Phi) is 6.06. The number of nitrogens with zero attached hydrogens (tertiary/aromatic N) is 1. The first-order valence-corrected chi connectivity index (χ1v) is 8.21. The Balaban J connectivity index is 1.96. The van der Waals surface area contributed by atoms with Gasteiger partial charge in [-0.25, -0.2) is 0 Å². The van der Waals surface area contributed by atoms with Gasteiger partial charge in [-0.1, -0.05) is 44.5 Å². The van der Waals surface area contributed by atoms with Crippen LogP contribution >= 0.6 is 0 Å². The largest absolute Gasteiger partial charge is 0.314 e. The first-order chi connectivity index (χ1) is 9.66. The van der Waals surface area contributed by atoms with Crippen molar-refractivity contribution in [3.63, 3.8) is 0 Å². The molecular weight excluding hydrogens is 244 g/mol. The van der Waals surface area contributed by atoms with Crippen LogP contribution in [-0.4, -0.2) is 30.1 Å². The predicted molar refractivity (Wildman–Crippen MR) is 87.0 cm³/mol. The number of hydrogen-bond donors (Lipinski definition) is 1. The summed E-state index contributed by atoms with van der Waals surface area (Å²) in [5.74, 6) is 0. The van der Waals surface area contributed by atoms with Crippen LogP contribution in [0.3, 0.4) is 0 Å². The molecule has 1 aromatic rings. The van der Waals surface area contributed by atoms with Crippen molar-refractivity contribution in [1.82, 2.24) is 10.2 Å². The van der Waals surface area contributed by atoms with Gasteiger partial charge in [0, 0.05) is 18.6 Å². The monoisotopic (exact) mass is 274 g/mol. The Morgan fingerprint density at radius 2 is 1.95 bits per heavy atom. The fourth-order valence-corrected chi connectivity index (χ4v) is 3.06. The molecule has 1 aliphatic heterocycles. The van der Waals surface area contributed by atoms with E-state index in [-0.39, 0.29) is 0 Å². The fourth-order valence-electron chi connectivity index (χ4n) is 3.06. The molecule has 1 saturated heterocycles. The van der Waals surface area contributed by atoms with Crippen LogP contribution < -0.4 is 5.32 Å². The van der Waals surface area contributed by atoms with E-state index in [1.54, 1.807) is 0 Å². The maximum atomic E-state index is 3.52. The van der Waals surface area contributed by atoms with Crippen LogP contribution in [0.5, 0.6) is 0 Å². The van der Waals surface area contributed by atoms with Crippen molar-refractivity contribution in [3.8, 4) is 0 Å². The summed E-state index contributed by atoms with van der Waals surface area (Å²) >= 11 is 0. The highest BCUT2D eigenvalue weighted by molar-refractivity contribution is 5.27. The minimum Gasteiger partial charge on any atom is -0.314 e. The molecule has 1 unspecified atom stereocenters. The average Bonchev–Trinajstić information content (AvgIpc) is 2.43. The summed E-state index contributed by atoms with van der Waals surface area (Å²) in [6, 6.07) is 10.3. The summed E-state index contributed by atoms with van der Waals surface area (Å²) in [6.45, 7) is 10.3. The Labute approximate surface area is 124 Å². The van der Waals surface area contributed by atoms with Gasteiger partial charge in [-0.2, -0.15) is 0 Å². The molecule has 1 atom stereocenters. The molecule has 0 radical (unpaired) electrons. The van der Waals surface area contributed by atoms with E-state index in [2.05, 4.69) is 55.3 Å². The maximum absolute atomic E-state index is 3.52. The normalized spacial score (nSPS) is 20.5. The van der Waals surface area contributed by atoms with Crippen molar-refractivity contribution in [2.24, 2.45) is 0 Å². The van der Waals surface area contributed by atoms with Gasteiger partial charge in [0.25, 0.3) is 0 Å². The molecule has 0 amide bonds. The highest BCUT2D eigenvalue weighted by Gasteiger charge is 2.18. The third-order valence-electron chi connectivity index (χ3n) is 4.38. The van der Waals surface area contributed by atoms with Gasteiger partial charge in [0.2, 0.25) is 0 Å². The van der Waals surface area contributed by atoms with Crippen molar-refractivity contribution in [1.29, 1.82) is 0 Å². The number of rotatable bonds is 6. The van der Waals surface area contributed by atoms with Gasteiger partial charge >= 0.3 is 0 Å². The van der Waals surface area contributed by atoms with Crippen molar-refractivity contribution in [3.05, 3.63) is 35.4 Å². The zero-order valence-corrected chi connectivity index (χ0v) is 13.4. The number of benzene rings is 1. The molecule has 112 valence electrons. The van der Waals surface area contributed by atoms with E-state index >= 15 is 0 Å². The Morgan fingerprint density at radius 1 is 1.20 bits per heavy atom. The molecule has 2 heteroatoms. The smallest absolute Gasteiger partial charge is 0.0239 e. The zero-order valence-electron chi connectivity index (χ0n) is 13.4. The summed E-state index contributed by atoms with van der Waals surface area (Å²) in [5, 5.41) is 3.52. The molecule has 0 aliphatic carbocycles. The Morgan fingerprint density at radius 3 is 2.65 bits per heavy atom. The van der Waals surface area contributed by atoms with E-state index in [1.165, 1.54) is 36.9 Å². The molecule has 1 heterocycles. The lowest BCUT2D eigenvalue weighted by Gasteiger charge is -2.33. The minimum atomic E-state index is 0.573. The quantitative estimate of drug-likeness (QED) is 0.852. The van der Waals surface area contributed by atoms with E-state index in [0.29, 0.717) is 6.04 Å². The summed E-state index contributed by atoms with van der Waals surface area (Å²) in [7, 11) is 0. The van der Waals surface area contributed by atoms with Crippen molar-refractivity contribution < 1.29 is 0 Å². The van der Waals surface area contributed by atoms with E-state index in [4.69, 9.17) is 0 Å². The van der Waals surface area contributed by atoms with Crippen LogP contribution in [0, 0.1) is 0 Å². The zero-order chi connectivity index (χ0) is 14.4. The molecule has 0 spiro atoms. The molecule has 2 nitrogen and oxygen atoms in total. The maximum Gasteiger partial charge on any atom is 0.0239 e. The number of piperidine rings is 1. The van der Waals surface area contributed by atoms with Gasteiger partial charge in [0.1, 0.15) is 0 Å². The number of likely N-dealkylation sites (tertiary alicyclic amines) is 1. The summed E-state index contributed by atoms with van der Waals surface area (Å²) < 4.78 is 0. The summed E-state index contributed by atoms with van der Waals surface area (Å²) in [4.78, 5) is 2.65. The number of hydrogen-bond acceptors (Lipinski definition) is 2. The van der Waals surface area contributed by atoms with Crippen LogP contribution in [0.2, 0.25) is 0 Å². The van der Waals surface area contributed by atoms with Gasteiger partial charge < -0.3 is 5.32 Å². The highest BCUT2D eigenvalue weighted by atomic mass is 15.2. The summed E-state index contributed by atoms with van der Waals surface area (Å²) in [5.41, 5.74) is 3.03. The Bertz CT molecular complexity index is 400. The third kappa shape index (κ3) is 4.60. The van der Waals surface area contributed by atoms with Crippen molar-refractivity contribution in [2.45, 2.75) is 65.1 Å². The second kappa shape index (κ2) is 7.80. The first-order valence-electron chi connectivity index (χ1n) is 8.21. The molecule has 0 aromatic heterocycles. The molecule has 1 N–H and O–H groups in total. The van der Waals surface area contributed by atoms with Gasteiger partial charge in [-0.15, -0.1) is 0 Å². The topological polar surface area (TPSA) is 15.3 Å². The van der Waals surface area contributed by atoms with E-state index in [1.807, 2.05) is 0 Å². The van der Waals surface area contributed by atoms with Gasteiger partial charge in [0.05, 0.1) is 0 Å². The van der Waals surface area contributed by atoms with Crippen LogP contribution in [0.15, 0.2) is 24.3 Å². The highest BCUT2D eigenvalue weighted by Crippen LogP contribution is 2.20. The third-order valence-corrected chi connectivity index (χ3v) is 4.38. The van der Waals surface area contributed by atoms with Gasteiger partial charge in [-0.05, 0) is 50.4 Å². The second-order valence-electron chi connectivity index (χ2n) is 6.44. The van der Waals surface area contributed by atoms with Gasteiger partial charge in [0.15, 0.2) is 0 Å². The molecule has 1 fully saturated rings.